The predicted molar refractivity (Wildman–Crippen MR) is 154 cm³/mol. The van der Waals surface area contributed by atoms with Crippen LogP contribution >= 0.6 is 12.2 Å². The average molecular weight is 549 g/mol. The molecule has 0 spiro atoms. The molecule has 0 radical (unpaired) electrons. The lowest BCUT2D eigenvalue weighted by Crippen LogP contribution is -2.40. The average Bonchev–Trinajstić information content (AvgIpc) is 3.45. The van der Waals surface area contributed by atoms with Gasteiger partial charge in [0, 0.05) is 31.7 Å². The zero-order valence-corrected chi connectivity index (χ0v) is 22.3. The van der Waals surface area contributed by atoms with Crippen LogP contribution in [0.15, 0.2) is 94.0 Å². The molecule has 0 aromatic heterocycles. The third-order valence-electron chi connectivity index (χ3n) is 6.20. The Morgan fingerprint density at radius 2 is 1.66 bits per heavy atom. The highest BCUT2D eigenvalue weighted by molar-refractivity contribution is 7.89. The molecule has 0 aliphatic carbocycles. The Bertz CT molecular complexity index is 1420. The van der Waals surface area contributed by atoms with Crippen molar-refractivity contribution in [1.82, 2.24) is 9.73 Å². The molecule has 11 heteroatoms. The highest BCUT2D eigenvalue weighted by Crippen LogP contribution is 2.22. The molecule has 1 fully saturated rings. The van der Waals surface area contributed by atoms with Crippen molar-refractivity contribution >= 4 is 50.7 Å². The van der Waals surface area contributed by atoms with Gasteiger partial charge in [-0.05, 0) is 59.7 Å². The number of hydrogen-bond acceptors (Lipinski definition) is 7. The van der Waals surface area contributed by atoms with E-state index >= 15 is 0 Å². The van der Waals surface area contributed by atoms with Crippen LogP contribution in [0.25, 0.3) is 0 Å². The van der Waals surface area contributed by atoms with Crippen molar-refractivity contribution < 1.29 is 13.2 Å². The Hall–Kier alpha value is -3.64. The van der Waals surface area contributed by atoms with Gasteiger partial charge in [0.25, 0.3) is 0 Å². The van der Waals surface area contributed by atoms with Crippen molar-refractivity contribution in [2.75, 3.05) is 43.2 Å². The second-order valence-corrected chi connectivity index (χ2v) is 11.1. The molecule has 2 N–H and O–H groups in total. The quantitative estimate of drug-likeness (QED) is 0.264. The van der Waals surface area contributed by atoms with Gasteiger partial charge in [-0.1, -0.05) is 42.5 Å². The van der Waals surface area contributed by atoms with Gasteiger partial charge in [0.15, 0.2) is 5.11 Å². The number of benzene rings is 3. The summed E-state index contributed by atoms with van der Waals surface area (Å²) >= 11 is 5.31. The summed E-state index contributed by atoms with van der Waals surface area (Å²) in [5, 5.41) is 14.3. The van der Waals surface area contributed by atoms with Gasteiger partial charge in [0.2, 0.25) is 10.0 Å². The van der Waals surface area contributed by atoms with Gasteiger partial charge in [-0.25, -0.2) is 8.42 Å². The molecule has 1 saturated heterocycles. The molecule has 9 nitrogen and oxygen atoms in total. The molecule has 2 aliphatic rings. The summed E-state index contributed by atoms with van der Waals surface area (Å²) in [7, 11) is -3.53. The summed E-state index contributed by atoms with van der Waals surface area (Å²) in [6, 6.07) is 24.7. The normalized spacial score (nSPS) is 16.4. The Labute approximate surface area is 227 Å². The highest BCUT2D eigenvalue weighted by Gasteiger charge is 2.26. The molecular weight excluding hydrogens is 520 g/mol. The standard InChI is InChI=1S/C27H28N6O3S2/c34-38(35,32-16-18-36-19-17-32)25-12-8-23(9-13-25)29-27(37)30-28-20-21-6-10-24(11-7-21)33-15-14-26(31-33)22-4-2-1-3-5-22/h1-13,20H,14-19H2,(H2,29,30,37)/b28-20-. The first-order chi connectivity index (χ1) is 18.5. The van der Waals surface area contributed by atoms with Gasteiger partial charge in [-0.3, -0.25) is 10.4 Å². The fourth-order valence-corrected chi connectivity index (χ4v) is 5.76. The molecule has 2 heterocycles. The van der Waals surface area contributed by atoms with Gasteiger partial charge >= 0.3 is 0 Å². The second-order valence-electron chi connectivity index (χ2n) is 8.74. The maximum absolute atomic E-state index is 12.7. The van der Waals surface area contributed by atoms with Crippen molar-refractivity contribution in [2.24, 2.45) is 10.2 Å². The molecule has 3 aromatic carbocycles. The number of nitrogens with zero attached hydrogens (tertiary/aromatic N) is 4. The summed E-state index contributed by atoms with van der Waals surface area (Å²) in [4.78, 5) is 0.237. The van der Waals surface area contributed by atoms with Gasteiger partial charge in [-0.15, -0.1) is 0 Å². The second kappa shape index (κ2) is 11.8. The number of ether oxygens (including phenoxy) is 1. The topological polar surface area (TPSA) is 98.6 Å². The molecule has 38 heavy (non-hydrogen) atoms. The molecule has 3 aromatic rings. The summed E-state index contributed by atoms with van der Waals surface area (Å²) < 4.78 is 32.2. The number of sulfonamides is 1. The van der Waals surface area contributed by atoms with E-state index in [1.54, 1.807) is 30.5 Å². The summed E-state index contributed by atoms with van der Waals surface area (Å²) in [5.74, 6) is 0. The van der Waals surface area contributed by atoms with Crippen LogP contribution in [0.5, 0.6) is 0 Å². The lowest BCUT2D eigenvalue weighted by Gasteiger charge is -2.26. The van der Waals surface area contributed by atoms with Crippen LogP contribution in [-0.2, 0) is 14.8 Å². The first kappa shape index (κ1) is 26.0. The predicted octanol–water partition coefficient (Wildman–Crippen LogP) is 3.64. The van der Waals surface area contributed by atoms with Crippen LogP contribution in [0, 0.1) is 0 Å². The van der Waals surface area contributed by atoms with Crippen molar-refractivity contribution in [3.8, 4) is 0 Å². The highest BCUT2D eigenvalue weighted by atomic mass is 32.2. The number of hydrazone groups is 2. The van der Waals surface area contributed by atoms with E-state index in [1.165, 1.54) is 4.31 Å². The third-order valence-corrected chi connectivity index (χ3v) is 8.31. The first-order valence-corrected chi connectivity index (χ1v) is 14.1. The Morgan fingerprint density at radius 3 is 2.37 bits per heavy atom. The number of thiocarbonyl (C=S) groups is 1. The van der Waals surface area contributed by atoms with E-state index in [-0.39, 0.29) is 4.90 Å². The summed E-state index contributed by atoms with van der Waals surface area (Å²) in [6.45, 7) is 2.38. The number of morpholine rings is 1. The Balaban J connectivity index is 1.12. The summed E-state index contributed by atoms with van der Waals surface area (Å²) in [5.41, 5.74) is 7.63. The molecule has 0 unspecified atom stereocenters. The number of nitrogens with one attached hydrogen (secondary N) is 2. The van der Waals surface area contributed by atoms with E-state index in [2.05, 4.69) is 28.0 Å². The van der Waals surface area contributed by atoms with Crippen molar-refractivity contribution in [1.29, 1.82) is 0 Å². The lowest BCUT2D eigenvalue weighted by molar-refractivity contribution is 0.0730. The van der Waals surface area contributed by atoms with E-state index in [4.69, 9.17) is 22.1 Å². The van der Waals surface area contributed by atoms with Gasteiger partial charge in [-0.2, -0.15) is 14.5 Å². The monoisotopic (exact) mass is 548 g/mol. The molecule has 0 saturated carbocycles. The van der Waals surface area contributed by atoms with E-state index in [0.717, 1.165) is 35.5 Å². The molecule has 0 amide bonds. The third kappa shape index (κ3) is 6.25. The van der Waals surface area contributed by atoms with Crippen LogP contribution in [-0.4, -0.2) is 62.6 Å². The number of hydrogen-bond donors (Lipinski definition) is 2. The van der Waals surface area contributed by atoms with Crippen LogP contribution in [0.4, 0.5) is 11.4 Å². The number of rotatable bonds is 7. The lowest BCUT2D eigenvalue weighted by atomic mass is 10.1. The van der Waals surface area contributed by atoms with Crippen molar-refractivity contribution in [3.63, 3.8) is 0 Å². The van der Waals surface area contributed by atoms with E-state index < -0.39 is 10.0 Å². The zero-order valence-electron chi connectivity index (χ0n) is 20.7. The fourth-order valence-electron chi connectivity index (χ4n) is 4.18. The van der Waals surface area contributed by atoms with E-state index in [0.29, 0.717) is 37.1 Å². The smallest absolute Gasteiger partial charge is 0.243 e. The van der Waals surface area contributed by atoms with Crippen LogP contribution in [0.2, 0.25) is 0 Å². The summed E-state index contributed by atoms with van der Waals surface area (Å²) in [6.07, 6.45) is 2.59. The molecular formula is C27H28N6O3S2. The van der Waals surface area contributed by atoms with Crippen LogP contribution < -0.4 is 15.8 Å². The first-order valence-electron chi connectivity index (χ1n) is 12.3. The largest absolute Gasteiger partial charge is 0.379 e. The zero-order chi connectivity index (χ0) is 26.4. The van der Waals surface area contributed by atoms with E-state index in [1.807, 2.05) is 47.5 Å². The Kier molecular flexibility index (Phi) is 8.08. The minimum absolute atomic E-state index is 0.237. The number of anilines is 2. The van der Waals surface area contributed by atoms with E-state index in [9.17, 15) is 8.42 Å². The molecule has 2 aliphatic heterocycles. The van der Waals surface area contributed by atoms with Gasteiger partial charge in [0.05, 0.1) is 35.7 Å². The van der Waals surface area contributed by atoms with Gasteiger partial charge < -0.3 is 10.1 Å². The maximum Gasteiger partial charge on any atom is 0.243 e. The van der Waals surface area contributed by atoms with Crippen molar-refractivity contribution in [2.45, 2.75) is 11.3 Å². The Morgan fingerprint density at radius 1 is 0.947 bits per heavy atom. The minimum atomic E-state index is -3.53. The molecule has 196 valence electrons. The maximum atomic E-state index is 12.7. The molecule has 0 atom stereocenters. The molecule has 5 rings (SSSR count). The van der Waals surface area contributed by atoms with Crippen molar-refractivity contribution in [3.05, 3.63) is 90.0 Å². The van der Waals surface area contributed by atoms with Crippen LogP contribution in [0.1, 0.15) is 17.5 Å². The van der Waals surface area contributed by atoms with Crippen LogP contribution in [0.3, 0.4) is 0 Å². The molecule has 0 bridgehead atoms. The minimum Gasteiger partial charge on any atom is -0.379 e. The van der Waals surface area contributed by atoms with Gasteiger partial charge in [0.1, 0.15) is 0 Å². The fraction of sp³-hybridized carbons (Fsp3) is 0.222. The SMILES string of the molecule is O=S(=O)(c1ccc(NC(=S)N/N=C\c2ccc(N3CCC(c4ccccc4)=N3)cc2)cc1)N1CCOCC1.